The van der Waals surface area contributed by atoms with Gasteiger partial charge in [-0.2, -0.15) is 13.2 Å². The minimum atomic E-state index is -4.52. The Bertz CT molecular complexity index is 3120. The number of ether oxygens (including phenoxy) is 2. The van der Waals surface area contributed by atoms with E-state index in [1.807, 2.05) is 20.8 Å². The van der Waals surface area contributed by atoms with Crippen LogP contribution in [0.25, 0.3) is 0 Å². The molecule has 8 rings (SSSR count). The van der Waals surface area contributed by atoms with Crippen molar-refractivity contribution in [3.63, 3.8) is 0 Å². The Morgan fingerprint density at radius 2 is 1.30 bits per heavy atom. The molecule has 12 amide bonds. The standard InChI is InChI=1S/C75H118ClF3N12O14/c1-12-47(4)63-71(101)84(6)45-62(94)85(7)56-22-15-18-34-91(70(56)100)59(42-49-24-28-51(104-11)29-25-49)68(98)83(5)44-60(92)80-54(31-27-48-26-30-52(53(76)41-48)75(77,78)79)67(97)90-35-19-23-55(90)66(96)82-74(32-16-17-33-74)73(103)88(10)64(50-20-13-14-21-50)72(102)87(9)58(69(99)89-36-38-105-39-37-89)43-61(93)86(8)57(40-46(2)3)65(95)81-63/h15,18,46-59,63-64H,12-14,16-17,19-45H2,1-11H3,(H,80,92)(H,81,95)(H,82,96)/t47-,48?,49?,51?,52?,53?,54-,55-,56-,57-,58-,59-,63-,64-/m0/s1. The van der Waals surface area contributed by atoms with Gasteiger partial charge in [0.05, 0.1) is 44.7 Å². The molecule has 0 radical (unpaired) electrons. The van der Waals surface area contributed by atoms with E-state index >= 15 is 38.4 Å². The second-order valence-electron chi connectivity index (χ2n) is 31.8. The lowest BCUT2D eigenvalue weighted by Crippen LogP contribution is -2.65. The Hall–Kier alpha value is -6.62. The second-order valence-corrected chi connectivity index (χ2v) is 32.3. The van der Waals surface area contributed by atoms with Gasteiger partial charge in [0.15, 0.2) is 0 Å². The Morgan fingerprint density at radius 1 is 0.657 bits per heavy atom. The van der Waals surface area contributed by atoms with Crippen LogP contribution in [0.4, 0.5) is 13.2 Å². The van der Waals surface area contributed by atoms with E-state index in [1.54, 1.807) is 26.2 Å². The number of nitrogens with zero attached hydrogens (tertiary/aromatic N) is 9. The number of likely N-dealkylation sites (N-methyl/N-ethyl adjacent to an activating group) is 6. The highest BCUT2D eigenvalue weighted by molar-refractivity contribution is 6.21. The molecule has 30 heteroatoms. The number of morpholine rings is 1. The van der Waals surface area contributed by atoms with E-state index in [0.29, 0.717) is 64.2 Å². The monoisotopic (exact) mass is 1500 g/mol. The average Bonchev–Trinajstić information content (AvgIpc) is 1.74. The zero-order valence-electron chi connectivity index (χ0n) is 63.8. The average molecular weight is 1500 g/mol. The molecule has 4 heterocycles. The van der Waals surface area contributed by atoms with E-state index in [9.17, 15) is 32.3 Å². The van der Waals surface area contributed by atoms with E-state index < -0.39 is 174 Å². The van der Waals surface area contributed by atoms with Crippen LogP contribution in [0.3, 0.4) is 0 Å². The van der Waals surface area contributed by atoms with Crippen molar-refractivity contribution in [2.45, 2.75) is 253 Å². The van der Waals surface area contributed by atoms with Gasteiger partial charge in [-0.15, -0.1) is 11.6 Å². The van der Waals surface area contributed by atoms with E-state index in [2.05, 4.69) is 16.0 Å². The number of nitrogens with one attached hydrogen (secondary N) is 3. The Labute approximate surface area is 622 Å². The number of halogens is 4. The van der Waals surface area contributed by atoms with Crippen molar-refractivity contribution in [3.05, 3.63) is 12.2 Å². The van der Waals surface area contributed by atoms with Gasteiger partial charge in [-0.25, -0.2) is 0 Å². The van der Waals surface area contributed by atoms with Crippen LogP contribution in [0, 0.1) is 35.5 Å². The number of carbonyl (C=O) groups excluding carboxylic acids is 12. The van der Waals surface area contributed by atoms with Gasteiger partial charge in [-0.1, -0.05) is 72.0 Å². The molecule has 0 aromatic heterocycles. The number of hydrogen-bond donors (Lipinski definition) is 3. The zero-order chi connectivity index (χ0) is 76.9. The summed E-state index contributed by atoms with van der Waals surface area (Å²) in [5, 5.41) is 7.65. The lowest BCUT2D eigenvalue weighted by atomic mass is 9.78. The van der Waals surface area contributed by atoms with Gasteiger partial charge in [0.25, 0.3) is 0 Å². The summed E-state index contributed by atoms with van der Waals surface area (Å²) in [7, 11) is 10.3. The fourth-order valence-corrected chi connectivity index (χ4v) is 17.9. The molecule has 12 atom stereocenters. The molecule has 3 saturated heterocycles. The van der Waals surface area contributed by atoms with E-state index in [4.69, 9.17) is 21.1 Å². The van der Waals surface area contributed by atoms with Gasteiger partial charge in [0.1, 0.15) is 53.9 Å². The Kier molecular flexibility index (Phi) is 30.0. The predicted molar refractivity (Wildman–Crippen MR) is 385 cm³/mol. The van der Waals surface area contributed by atoms with Crippen LogP contribution < -0.4 is 16.0 Å². The molecule has 26 nitrogen and oxygen atoms in total. The van der Waals surface area contributed by atoms with Crippen LogP contribution in [0.2, 0.25) is 0 Å². The molecule has 0 aromatic rings. The minimum Gasteiger partial charge on any atom is -0.381 e. The first-order valence-electron chi connectivity index (χ1n) is 38.5. The summed E-state index contributed by atoms with van der Waals surface area (Å²) in [6, 6.07) is -9.94. The fourth-order valence-electron chi connectivity index (χ4n) is 17.4. The van der Waals surface area contributed by atoms with Crippen molar-refractivity contribution in [2.75, 3.05) is 102 Å². The number of rotatable bonds is 12. The predicted octanol–water partition coefficient (Wildman–Crippen LogP) is 5.26. The third-order valence-electron chi connectivity index (χ3n) is 24.2. The van der Waals surface area contributed by atoms with Gasteiger partial charge in [-0.3, -0.25) is 57.5 Å². The summed E-state index contributed by atoms with van der Waals surface area (Å²) >= 11 is 6.44. The van der Waals surface area contributed by atoms with Crippen LogP contribution in [0.5, 0.6) is 0 Å². The van der Waals surface area contributed by atoms with Crippen molar-refractivity contribution >= 4 is 82.5 Å². The molecule has 7 fully saturated rings. The molecule has 0 aromatic carbocycles. The maximum atomic E-state index is 15.8. The van der Waals surface area contributed by atoms with E-state index in [1.165, 1.54) is 86.4 Å². The smallest absolute Gasteiger partial charge is 0.381 e. The van der Waals surface area contributed by atoms with Gasteiger partial charge >= 0.3 is 6.18 Å². The largest absolute Gasteiger partial charge is 0.393 e. The lowest BCUT2D eigenvalue weighted by molar-refractivity contribution is -0.182. The zero-order valence-corrected chi connectivity index (χ0v) is 64.5. The molecule has 590 valence electrons. The summed E-state index contributed by atoms with van der Waals surface area (Å²) in [5.41, 5.74) is -1.57. The summed E-state index contributed by atoms with van der Waals surface area (Å²) in [4.78, 5) is 194. The van der Waals surface area contributed by atoms with Gasteiger partial charge in [0.2, 0.25) is 70.9 Å². The maximum Gasteiger partial charge on any atom is 0.393 e. The van der Waals surface area contributed by atoms with Gasteiger partial charge in [0, 0.05) is 81.0 Å². The molecule has 2 bridgehead atoms. The van der Waals surface area contributed by atoms with Gasteiger partial charge < -0.3 is 69.5 Å². The molecule has 4 aliphatic heterocycles. The molecular weight excluding hydrogens is 1390 g/mol. The van der Waals surface area contributed by atoms with Crippen LogP contribution in [-0.2, 0) is 67.0 Å². The number of amides is 12. The highest BCUT2D eigenvalue weighted by Gasteiger charge is 2.53. The second kappa shape index (κ2) is 37.5. The topological polar surface area (TPSA) is 289 Å². The number of alkyl halides is 4. The summed E-state index contributed by atoms with van der Waals surface area (Å²) < 4.78 is 53.5. The number of hydrogen-bond acceptors (Lipinski definition) is 14. The van der Waals surface area contributed by atoms with Crippen molar-refractivity contribution in [1.29, 1.82) is 0 Å². The van der Waals surface area contributed by atoms with Crippen molar-refractivity contribution < 1.29 is 80.2 Å². The summed E-state index contributed by atoms with van der Waals surface area (Å²) in [6.45, 7) is 6.90. The molecule has 3 N–H and O–H groups in total. The molecule has 4 aliphatic carbocycles. The number of fused-ring (bicyclic) bond motifs is 3. The molecule has 8 aliphatic rings. The first kappa shape index (κ1) is 84.0. The highest BCUT2D eigenvalue weighted by Crippen LogP contribution is 2.44. The Morgan fingerprint density at radius 3 is 1.92 bits per heavy atom. The van der Waals surface area contributed by atoms with Crippen LogP contribution in [-0.4, -0.2) is 288 Å². The normalized spacial score (nSPS) is 31.6. The maximum absolute atomic E-state index is 15.8. The third kappa shape index (κ3) is 20.6. The third-order valence-corrected chi connectivity index (χ3v) is 24.7. The summed E-state index contributed by atoms with van der Waals surface area (Å²) in [6.07, 6.45) is 6.22. The molecular formula is C75H118ClF3N12O14. The first-order valence-corrected chi connectivity index (χ1v) is 39.0. The SMILES string of the molecule is CC[C@H](C)[C@@H]1NC(=O)[C@H](CC(C)C)N(C)C(=O)C[C@@H](C(=O)N2CCOCC2)N(C)C(=O)[C@H](C2CCCC2)N(C)C(=O)C2(CCCC2)NC(=O)[C@@H]2CCCN2C(=O)[C@H](CCC2CCC(C(F)(F)F)C(Cl)C2)NC(=O)CN(C)C(=O)[C@H](CC2CCC(OC)CC2)N2CC=CC[C@@H](C2=O)N(C)C(=O)CN(C)C1=O. The quantitative estimate of drug-likeness (QED) is 0.166. The van der Waals surface area contributed by atoms with E-state index in [0.717, 1.165) is 12.8 Å². The van der Waals surface area contributed by atoms with Gasteiger partial charge in [-0.05, 0) is 145 Å². The van der Waals surface area contributed by atoms with Crippen LogP contribution in [0.1, 0.15) is 182 Å². The van der Waals surface area contributed by atoms with Crippen LogP contribution >= 0.6 is 11.6 Å². The van der Waals surface area contributed by atoms with Crippen molar-refractivity contribution in [2.24, 2.45) is 35.5 Å². The summed E-state index contributed by atoms with van der Waals surface area (Å²) in [5.74, 6) is -10.9. The van der Waals surface area contributed by atoms with Crippen molar-refractivity contribution in [1.82, 2.24) is 60.0 Å². The number of carbonyl (C=O) groups is 12. The molecule has 3 unspecified atom stereocenters. The van der Waals surface area contributed by atoms with Crippen molar-refractivity contribution in [3.8, 4) is 0 Å². The molecule has 4 saturated carbocycles. The minimum absolute atomic E-state index is 0.00587. The molecule has 1 spiro atoms. The Balaban J connectivity index is 1.18. The molecule has 105 heavy (non-hydrogen) atoms. The number of methoxy groups -OCH3 is 1. The highest BCUT2D eigenvalue weighted by atomic mass is 35.5. The van der Waals surface area contributed by atoms with E-state index in [-0.39, 0.29) is 134 Å². The van der Waals surface area contributed by atoms with Crippen LogP contribution in [0.15, 0.2) is 12.2 Å². The fraction of sp³-hybridized carbons (Fsp3) is 0.813. The first-order chi connectivity index (χ1) is 49.7. The lowest BCUT2D eigenvalue weighted by Gasteiger charge is -2.42.